The lowest BCUT2D eigenvalue weighted by Crippen LogP contribution is -2.42. The number of esters is 2. The fraction of sp³-hybridized carbons (Fsp3) is 0.333. The van der Waals surface area contributed by atoms with E-state index in [1.54, 1.807) is 31.2 Å². The minimum atomic E-state index is -5.90. The van der Waals surface area contributed by atoms with Crippen molar-refractivity contribution in [3.63, 3.8) is 0 Å². The van der Waals surface area contributed by atoms with E-state index in [1.165, 1.54) is 13.2 Å². The fourth-order valence-corrected chi connectivity index (χ4v) is 2.55. The van der Waals surface area contributed by atoms with E-state index in [2.05, 4.69) is 16.1 Å². The zero-order chi connectivity index (χ0) is 21.7. The van der Waals surface area contributed by atoms with Gasteiger partial charge in [0.1, 0.15) is 0 Å². The summed E-state index contributed by atoms with van der Waals surface area (Å²) >= 11 is 0. The molecule has 1 aromatic carbocycles. The van der Waals surface area contributed by atoms with Crippen molar-refractivity contribution in [3.05, 3.63) is 53.1 Å². The Hall–Kier alpha value is -2.59. The highest BCUT2D eigenvalue weighted by molar-refractivity contribution is 7.86. The van der Waals surface area contributed by atoms with E-state index in [4.69, 9.17) is 0 Å². The molecule has 154 valence electrons. The third-order valence-corrected chi connectivity index (χ3v) is 4.65. The van der Waals surface area contributed by atoms with E-state index in [-0.39, 0.29) is 18.0 Å². The maximum absolute atomic E-state index is 13.2. The van der Waals surface area contributed by atoms with Crippen molar-refractivity contribution in [1.29, 1.82) is 0 Å². The summed E-state index contributed by atoms with van der Waals surface area (Å²) in [5.41, 5.74) is 2.16. The zero-order valence-corrected chi connectivity index (χ0v) is 16.2. The molecule has 28 heavy (non-hydrogen) atoms. The molecule has 0 bridgehead atoms. The van der Waals surface area contributed by atoms with Crippen LogP contribution in [-0.2, 0) is 35.6 Å². The van der Waals surface area contributed by atoms with Crippen LogP contribution in [0.1, 0.15) is 25.0 Å². The molecule has 1 atom stereocenters. The molecule has 0 aromatic heterocycles. The summed E-state index contributed by atoms with van der Waals surface area (Å²) in [5.74, 6) is -1.41. The average Bonchev–Trinajstić information content (AvgIpc) is 3.04. The van der Waals surface area contributed by atoms with Gasteiger partial charge in [-0.25, -0.2) is 18.0 Å². The minimum Gasteiger partial charge on any atom is -0.743 e. The molecule has 0 heterocycles. The van der Waals surface area contributed by atoms with Crippen LogP contribution in [0.5, 0.6) is 0 Å². The Morgan fingerprint density at radius 2 is 1.86 bits per heavy atom. The summed E-state index contributed by atoms with van der Waals surface area (Å²) in [6.45, 7) is 5.62. The van der Waals surface area contributed by atoms with E-state index in [1.807, 2.05) is 0 Å². The van der Waals surface area contributed by atoms with Crippen LogP contribution in [0.2, 0.25) is 0 Å². The first kappa shape index (κ1) is 23.4. The first-order valence-electron chi connectivity index (χ1n) is 7.87. The van der Waals surface area contributed by atoms with Gasteiger partial charge in [0.15, 0.2) is 16.2 Å². The predicted molar refractivity (Wildman–Crippen MR) is 95.2 cm³/mol. The molecule has 2 rings (SSSR count). The third kappa shape index (κ3) is 5.70. The Morgan fingerprint density at radius 1 is 1.29 bits per heavy atom. The van der Waals surface area contributed by atoms with Gasteiger partial charge in [0.2, 0.25) is 0 Å². The molecule has 0 saturated carbocycles. The smallest absolute Gasteiger partial charge is 0.370 e. The topological polar surface area (TPSA) is 110 Å². The fourth-order valence-electron chi connectivity index (χ4n) is 2.09. The highest BCUT2D eigenvalue weighted by Crippen LogP contribution is 2.30. The molecule has 10 heteroatoms. The summed E-state index contributed by atoms with van der Waals surface area (Å²) < 4.78 is 66.6. The summed E-state index contributed by atoms with van der Waals surface area (Å²) in [6, 6.07) is 7.04. The largest absolute Gasteiger partial charge is 0.743 e. The third-order valence-electron chi connectivity index (χ3n) is 3.65. The van der Waals surface area contributed by atoms with Gasteiger partial charge in [-0.3, -0.25) is 0 Å². The van der Waals surface area contributed by atoms with Gasteiger partial charge in [-0.15, -0.1) is 0 Å². The second kappa shape index (κ2) is 9.07. The Kier molecular flexibility index (Phi) is 7.59. The molecule has 0 fully saturated rings. The lowest BCUT2D eigenvalue weighted by molar-refractivity contribution is -0.154. The number of halogens is 2. The second-order valence-electron chi connectivity index (χ2n) is 5.88. The summed E-state index contributed by atoms with van der Waals surface area (Å²) in [7, 11) is -4.57. The minimum absolute atomic E-state index is 0.127. The SMILES string of the molecule is C=C(C)C(=O)OC.CC(OC(=O)C1=Cc2ccccc2C1)C(F)(F)S(=O)(=O)[O-]. The normalized spacial score (nSPS) is 14.0. The van der Waals surface area contributed by atoms with Crippen LogP contribution in [-0.4, -0.2) is 43.4 Å². The number of hydrogen-bond acceptors (Lipinski definition) is 7. The van der Waals surface area contributed by atoms with E-state index < -0.39 is 27.4 Å². The predicted octanol–water partition coefficient (Wildman–Crippen LogP) is 2.43. The quantitative estimate of drug-likeness (QED) is 0.411. The van der Waals surface area contributed by atoms with Crippen LogP contribution in [0.3, 0.4) is 0 Å². The van der Waals surface area contributed by atoms with Crippen LogP contribution in [0.25, 0.3) is 6.08 Å². The number of fused-ring (bicyclic) bond motifs is 1. The highest BCUT2D eigenvalue weighted by Gasteiger charge is 2.46. The number of benzene rings is 1. The van der Waals surface area contributed by atoms with E-state index >= 15 is 0 Å². The maximum Gasteiger partial charge on any atom is 0.370 e. The lowest BCUT2D eigenvalue weighted by atomic mass is 10.1. The van der Waals surface area contributed by atoms with Gasteiger partial charge in [-0.1, -0.05) is 30.8 Å². The lowest BCUT2D eigenvalue weighted by Gasteiger charge is -2.25. The number of ether oxygens (including phenoxy) is 2. The molecule has 0 spiro atoms. The van der Waals surface area contributed by atoms with Gasteiger partial charge >= 0.3 is 17.2 Å². The summed E-state index contributed by atoms with van der Waals surface area (Å²) in [6.07, 6.45) is -0.678. The Bertz CT molecular complexity index is 904. The van der Waals surface area contributed by atoms with E-state index in [0.29, 0.717) is 12.5 Å². The molecule has 0 aliphatic heterocycles. The molecule has 7 nitrogen and oxygen atoms in total. The summed E-state index contributed by atoms with van der Waals surface area (Å²) in [4.78, 5) is 22.0. The van der Waals surface area contributed by atoms with Gasteiger partial charge in [0.05, 0.1) is 7.11 Å². The van der Waals surface area contributed by atoms with Crippen LogP contribution in [0, 0.1) is 0 Å². The molecule has 0 saturated heterocycles. The number of carbonyl (C=O) groups excluding carboxylic acids is 2. The van der Waals surface area contributed by atoms with Gasteiger partial charge in [0.25, 0.3) is 0 Å². The first-order valence-corrected chi connectivity index (χ1v) is 9.28. The standard InChI is InChI=1S/C13H12F2O5S.C5H8O2/c1-8(13(14,15)21(17,18)19)20-12(16)11-6-9-4-2-3-5-10(9)7-11;1-4(2)5(6)7-3/h2-6,8H,7H2,1H3,(H,17,18,19);1H2,2-3H3/p-1. The van der Waals surface area contributed by atoms with Crippen molar-refractivity contribution in [2.24, 2.45) is 0 Å². The van der Waals surface area contributed by atoms with Crippen LogP contribution in [0.15, 0.2) is 42.0 Å². The highest BCUT2D eigenvalue weighted by atomic mass is 32.2. The monoisotopic (exact) mass is 417 g/mol. The molecular formula is C18H19F2O7S-. The van der Waals surface area contributed by atoms with Crippen molar-refractivity contribution in [3.8, 4) is 0 Å². The van der Waals surface area contributed by atoms with Crippen LogP contribution < -0.4 is 0 Å². The first-order chi connectivity index (χ1) is 12.8. The van der Waals surface area contributed by atoms with E-state index in [0.717, 1.165) is 11.1 Å². The van der Waals surface area contributed by atoms with Crippen molar-refractivity contribution in [2.45, 2.75) is 31.6 Å². The van der Waals surface area contributed by atoms with E-state index in [9.17, 15) is 31.3 Å². The Balaban J connectivity index is 0.000000480. The zero-order valence-electron chi connectivity index (χ0n) is 15.4. The molecule has 1 unspecified atom stereocenters. The van der Waals surface area contributed by atoms with Gasteiger partial charge in [0, 0.05) is 17.6 Å². The van der Waals surface area contributed by atoms with Crippen molar-refractivity contribution in [1.82, 2.24) is 0 Å². The van der Waals surface area contributed by atoms with Gasteiger partial charge in [-0.2, -0.15) is 8.78 Å². The number of methoxy groups -OCH3 is 1. The molecule has 1 aliphatic carbocycles. The molecule has 0 amide bonds. The van der Waals surface area contributed by atoms with Crippen molar-refractivity contribution < 1.29 is 40.8 Å². The van der Waals surface area contributed by atoms with Gasteiger partial charge in [-0.05, 0) is 31.1 Å². The van der Waals surface area contributed by atoms with Crippen molar-refractivity contribution >= 4 is 28.1 Å². The number of alkyl halides is 2. The van der Waals surface area contributed by atoms with Crippen LogP contribution >= 0.6 is 0 Å². The molecule has 0 radical (unpaired) electrons. The van der Waals surface area contributed by atoms with Gasteiger partial charge < -0.3 is 14.0 Å². The Labute approximate surface area is 161 Å². The van der Waals surface area contributed by atoms with Crippen molar-refractivity contribution in [2.75, 3.05) is 7.11 Å². The number of carbonyl (C=O) groups is 2. The van der Waals surface area contributed by atoms with Crippen LogP contribution in [0.4, 0.5) is 8.78 Å². The molecule has 1 aromatic rings. The Morgan fingerprint density at radius 3 is 2.29 bits per heavy atom. The summed E-state index contributed by atoms with van der Waals surface area (Å²) in [5, 5.41) is -4.67. The second-order valence-corrected chi connectivity index (χ2v) is 7.33. The number of rotatable bonds is 5. The average molecular weight is 417 g/mol. The molecule has 0 N–H and O–H groups in total. The maximum atomic E-state index is 13.2. The number of hydrogen-bond donors (Lipinski definition) is 0. The molecular weight excluding hydrogens is 398 g/mol. The molecule has 1 aliphatic rings.